The highest BCUT2D eigenvalue weighted by molar-refractivity contribution is 6.37. The van der Waals surface area contributed by atoms with E-state index in [1.54, 1.807) is 43.5 Å². The summed E-state index contributed by atoms with van der Waals surface area (Å²) in [5.74, 6) is 0.442. The lowest BCUT2D eigenvalue weighted by Gasteiger charge is -2.04. The van der Waals surface area contributed by atoms with Crippen LogP contribution in [0.1, 0.15) is 11.1 Å². The third-order valence-electron chi connectivity index (χ3n) is 3.25. The number of methoxy groups -OCH3 is 1. The maximum absolute atomic E-state index is 12.1. The van der Waals surface area contributed by atoms with Crippen LogP contribution in [-0.2, 0) is 4.79 Å². The van der Waals surface area contributed by atoms with Gasteiger partial charge in [-0.2, -0.15) is 0 Å². The minimum Gasteiger partial charge on any atom is -0.495 e. The van der Waals surface area contributed by atoms with E-state index in [-0.39, 0.29) is 5.91 Å². The molecule has 1 N–H and O–H groups in total. The van der Waals surface area contributed by atoms with Gasteiger partial charge in [-0.3, -0.25) is 4.79 Å². The smallest absolute Gasteiger partial charge is 0.256 e. The molecule has 2 aromatic rings. The van der Waals surface area contributed by atoms with Crippen LogP contribution in [0.3, 0.4) is 0 Å². The summed E-state index contributed by atoms with van der Waals surface area (Å²) in [4.78, 5) is 12.1. The van der Waals surface area contributed by atoms with Gasteiger partial charge in [0, 0.05) is 21.8 Å². The van der Waals surface area contributed by atoms with Gasteiger partial charge in [-0.15, -0.1) is 0 Å². The van der Waals surface area contributed by atoms with E-state index in [4.69, 9.17) is 27.9 Å². The van der Waals surface area contributed by atoms with Crippen LogP contribution in [-0.4, -0.2) is 13.0 Å². The van der Waals surface area contributed by atoms with E-state index in [0.717, 1.165) is 16.8 Å². The van der Waals surface area contributed by atoms with Gasteiger partial charge in [-0.05, 0) is 42.0 Å². The van der Waals surface area contributed by atoms with Gasteiger partial charge < -0.3 is 10.1 Å². The number of halogens is 2. The Bertz CT molecular complexity index is 769. The van der Waals surface area contributed by atoms with E-state index < -0.39 is 0 Å². The molecule has 1 heterocycles. The molecule has 2 aromatic carbocycles. The summed E-state index contributed by atoms with van der Waals surface area (Å²) in [6.07, 6.45) is 1.78. The molecule has 0 radical (unpaired) electrons. The quantitative estimate of drug-likeness (QED) is 0.828. The molecule has 0 saturated heterocycles. The molecule has 1 aliphatic rings. The summed E-state index contributed by atoms with van der Waals surface area (Å²) in [7, 11) is 1.56. The van der Waals surface area contributed by atoms with E-state index in [0.29, 0.717) is 21.4 Å². The Morgan fingerprint density at radius 1 is 1.14 bits per heavy atom. The molecule has 5 heteroatoms. The first-order chi connectivity index (χ1) is 10.1. The Kier molecular flexibility index (Phi) is 3.62. The molecule has 0 aliphatic carbocycles. The van der Waals surface area contributed by atoms with Crippen LogP contribution in [0, 0.1) is 0 Å². The molecule has 21 heavy (non-hydrogen) atoms. The molecule has 1 aliphatic heterocycles. The summed E-state index contributed by atoms with van der Waals surface area (Å²) in [6, 6.07) is 10.7. The molecule has 0 atom stereocenters. The number of fused-ring (bicyclic) bond motifs is 1. The molecule has 3 rings (SSSR count). The summed E-state index contributed by atoms with van der Waals surface area (Å²) in [6.45, 7) is 0. The van der Waals surface area contributed by atoms with Gasteiger partial charge in [0.1, 0.15) is 5.75 Å². The van der Waals surface area contributed by atoms with Crippen molar-refractivity contribution in [3.8, 4) is 5.75 Å². The largest absolute Gasteiger partial charge is 0.495 e. The number of rotatable bonds is 2. The van der Waals surface area contributed by atoms with Crippen molar-refractivity contribution in [1.29, 1.82) is 0 Å². The number of carbonyl (C=O) groups excluding carboxylic acids is 1. The molecule has 0 bridgehead atoms. The minimum atomic E-state index is -0.154. The predicted molar refractivity (Wildman–Crippen MR) is 86.0 cm³/mol. The monoisotopic (exact) mass is 319 g/mol. The topological polar surface area (TPSA) is 38.3 Å². The van der Waals surface area contributed by atoms with Gasteiger partial charge in [0.15, 0.2) is 0 Å². The van der Waals surface area contributed by atoms with Gasteiger partial charge in [0.2, 0.25) is 0 Å². The second-order valence-corrected chi connectivity index (χ2v) is 5.44. The lowest BCUT2D eigenvalue weighted by molar-refractivity contribution is -0.110. The van der Waals surface area contributed by atoms with Gasteiger partial charge in [-0.25, -0.2) is 0 Å². The van der Waals surface area contributed by atoms with Crippen molar-refractivity contribution in [2.45, 2.75) is 0 Å². The van der Waals surface area contributed by atoms with Gasteiger partial charge in [0.05, 0.1) is 12.1 Å². The van der Waals surface area contributed by atoms with E-state index in [1.807, 2.05) is 6.07 Å². The first-order valence-electron chi connectivity index (χ1n) is 6.25. The van der Waals surface area contributed by atoms with E-state index in [9.17, 15) is 4.79 Å². The Balaban J connectivity index is 2.06. The van der Waals surface area contributed by atoms with Crippen molar-refractivity contribution in [2.24, 2.45) is 0 Å². The number of carbonyl (C=O) groups is 1. The van der Waals surface area contributed by atoms with Crippen LogP contribution < -0.4 is 10.1 Å². The average molecular weight is 320 g/mol. The van der Waals surface area contributed by atoms with Crippen LogP contribution >= 0.6 is 23.2 Å². The number of hydrogen-bond acceptors (Lipinski definition) is 2. The molecule has 0 spiro atoms. The Hall–Kier alpha value is -1.97. The molecular weight excluding hydrogens is 309 g/mol. The fourth-order valence-electron chi connectivity index (χ4n) is 2.24. The third kappa shape index (κ3) is 2.62. The number of anilines is 1. The van der Waals surface area contributed by atoms with Crippen LogP contribution in [0.2, 0.25) is 10.0 Å². The van der Waals surface area contributed by atoms with E-state index in [1.165, 1.54) is 0 Å². The van der Waals surface area contributed by atoms with Crippen LogP contribution in [0.4, 0.5) is 5.69 Å². The van der Waals surface area contributed by atoms with Crippen molar-refractivity contribution in [3.05, 3.63) is 57.6 Å². The Labute approximate surface area is 132 Å². The zero-order chi connectivity index (χ0) is 15.0. The normalized spacial score (nSPS) is 15.0. The maximum Gasteiger partial charge on any atom is 0.256 e. The molecule has 0 saturated carbocycles. The van der Waals surface area contributed by atoms with Gasteiger partial charge >= 0.3 is 0 Å². The van der Waals surface area contributed by atoms with Crippen LogP contribution in [0.15, 0.2) is 36.4 Å². The number of amides is 1. The predicted octanol–water partition coefficient (Wildman–Crippen LogP) is 4.49. The molecular formula is C16H11Cl2NO2. The lowest BCUT2D eigenvalue weighted by atomic mass is 10.0. The fraction of sp³-hybridized carbons (Fsp3) is 0.0625. The van der Waals surface area contributed by atoms with Crippen molar-refractivity contribution < 1.29 is 9.53 Å². The minimum absolute atomic E-state index is 0.154. The molecule has 0 fully saturated rings. The number of nitrogens with one attached hydrogen (secondary N) is 1. The molecule has 3 nitrogen and oxygen atoms in total. The highest BCUT2D eigenvalue weighted by atomic mass is 35.5. The molecule has 0 unspecified atom stereocenters. The number of benzene rings is 2. The first-order valence-corrected chi connectivity index (χ1v) is 7.00. The summed E-state index contributed by atoms with van der Waals surface area (Å²) < 4.78 is 5.11. The van der Waals surface area contributed by atoms with Crippen molar-refractivity contribution in [2.75, 3.05) is 12.4 Å². The number of hydrogen-bond donors (Lipinski definition) is 1. The van der Waals surface area contributed by atoms with Crippen LogP contribution in [0.5, 0.6) is 5.75 Å². The fourth-order valence-corrected chi connectivity index (χ4v) is 2.68. The van der Waals surface area contributed by atoms with Gasteiger partial charge in [-0.1, -0.05) is 29.3 Å². The van der Waals surface area contributed by atoms with Crippen molar-refractivity contribution in [3.63, 3.8) is 0 Å². The SMILES string of the molecule is COc1ccc(/C=C2/C(=O)Nc3ccc(Cl)cc32)cc1Cl. The first kappa shape index (κ1) is 14.0. The van der Waals surface area contributed by atoms with Crippen molar-refractivity contribution in [1.82, 2.24) is 0 Å². The Morgan fingerprint density at radius 2 is 1.95 bits per heavy atom. The maximum atomic E-state index is 12.1. The second kappa shape index (κ2) is 5.43. The van der Waals surface area contributed by atoms with Crippen molar-refractivity contribution >= 4 is 46.4 Å². The zero-order valence-corrected chi connectivity index (χ0v) is 12.6. The van der Waals surface area contributed by atoms with E-state index in [2.05, 4.69) is 5.32 Å². The molecule has 106 valence electrons. The van der Waals surface area contributed by atoms with Gasteiger partial charge in [0.25, 0.3) is 5.91 Å². The zero-order valence-electron chi connectivity index (χ0n) is 11.1. The summed E-state index contributed by atoms with van der Waals surface area (Å²) in [5.41, 5.74) is 2.93. The molecule has 1 amide bonds. The van der Waals surface area contributed by atoms with E-state index >= 15 is 0 Å². The average Bonchev–Trinajstić information content (AvgIpc) is 2.75. The second-order valence-electron chi connectivity index (χ2n) is 4.60. The molecule has 0 aromatic heterocycles. The Morgan fingerprint density at radius 3 is 2.67 bits per heavy atom. The highest BCUT2D eigenvalue weighted by Crippen LogP contribution is 2.35. The summed E-state index contributed by atoms with van der Waals surface area (Å²) >= 11 is 12.1. The third-order valence-corrected chi connectivity index (χ3v) is 3.78. The number of ether oxygens (including phenoxy) is 1. The van der Waals surface area contributed by atoms with Crippen LogP contribution in [0.25, 0.3) is 11.6 Å². The lowest BCUT2D eigenvalue weighted by Crippen LogP contribution is -2.03. The highest BCUT2D eigenvalue weighted by Gasteiger charge is 2.24. The standard InChI is InChI=1S/C16H11Cl2NO2/c1-21-15-5-2-9(7-13(15)18)6-12-11-8-10(17)3-4-14(11)19-16(12)20/h2-8H,1H3,(H,19,20)/b12-6+. The summed E-state index contributed by atoms with van der Waals surface area (Å²) in [5, 5.41) is 3.89.